The third-order valence-electron chi connectivity index (χ3n) is 7.07. The SMILES string of the molecule is COc1cc(OC)c(C=CS(=O)(=O)Cc2ccc(OC)c(NC(=O)c3ccccc3N3CCN(C)CC3)c2)c(OC)c1. The average Bonchev–Trinajstić information content (AvgIpc) is 3.00. The van der Waals surface area contributed by atoms with E-state index in [1.54, 1.807) is 36.4 Å². The third-order valence-corrected chi connectivity index (χ3v) is 8.35. The van der Waals surface area contributed by atoms with E-state index in [9.17, 15) is 13.2 Å². The van der Waals surface area contributed by atoms with Crippen molar-refractivity contribution in [2.75, 3.05) is 71.9 Å². The van der Waals surface area contributed by atoms with Gasteiger partial charge in [0.05, 0.1) is 51.0 Å². The number of benzene rings is 3. The number of piperazine rings is 1. The van der Waals surface area contributed by atoms with Gasteiger partial charge in [0.15, 0.2) is 9.84 Å². The van der Waals surface area contributed by atoms with Gasteiger partial charge in [-0.05, 0) is 43.0 Å². The second kappa shape index (κ2) is 13.6. The van der Waals surface area contributed by atoms with Crippen molar-refractivity contribution in [3.8, 4) is 23.0 Å². The molecule has 11 heteroatoms. The number of nitrogens with one attached hydrogen (secondary N) is 1. The van der Waals surface area contributed by atoms with Crippen molar-refractivity contribution in [1.82, 2.24) is 4.90 Å². The van der Waals surface area contributed by atoms with Crippen molar-refractivity contribution in [3.63, 3.8) is 0 Å². The molecule has 1 saturated heterocycles. The van der Waals surface area contributed by atoms with E-state index >= 15 is 0 Å². The molecule has 42 heavy (non-hydrogen) atoms. The predicted molar refractivity (Wildman–Crippen MR) is 165 cm³/mol. The molecular formula is C31H37N3O7S. The van der Waals surface area contributed by atoms with E-state index in [1.165, 1.54) is 34.5 Å². The fourth-order valence-corrected chi connectivity index (χ4v) is 5.85. The number of methoxy groups -OCH3 is 4. The average molecular weight is 596 g/mol. The number of ether oxygens (including phenoxy) is 4. The standard InChI is InChI=1S/C31H37N3O7S/c1-33-13-15-34(16-14-33)27-9-7-6-8-24(27)31(35)32-26-18-22(10-11-28(26)39-3)21-42(36,37)17-12-25-29(40-4)19-23(38-2)20-30(25)41-5/h6-12,17-20H,13-16,21H2,1-5H3,(H,32,35). The van der Waals surface area contributed by atoms with E-state index in [0.29, 0.717) is 45.4 Å². The Bertz CT molecular complexity index is 1520. The number of rotatable bonds is 11. The van der Waals surface area contributed by atoms with Crippen LogP contribution in [-0.4, -0.2) is 80.9 Å². The Morgan fingerprint density at radius 2 is 1.50 bits per heavy atom. The van der Waals surface area contributed by atoms with Crippen LogP contribution >= 0.6 is 0 Å². The van der Waals surface area contributed by atoms with Crippen LogP contribution in [0.1, 0.15) is 21.5 Å². The number of carbonyl (C=O) groups is 1. The molecule has 1 aliphatic heterocycles. The first kappa shape index (κ1) is 30.7. The van der Waals surface area contributed by atoms with E-state index < -0.39 is 9.84 Å². The number of hydrogen-bond acceptors (Lipinski definition) is 9. The van der Waals surface area contributed by atoms with Crippen LogP contribution < -0.4 is 29.2 Å². The van der Waals surface area contributed by atoms with Gasteiger partial charge in [-0.2, -0.15) is 0 Å². The zero-order valence-corrected chi connectivity index (χ0v) is 25.4. The van der Waals surface area contributed by atoms with E-state index in [2.05, 4.69) is 22.2 Å². The maximum Gasteiger partial charge on any atom is 0.257 e. The maximum absolute atomic E-state index is 13.5. The van der Waals surface area contributed by atoms with Crippen LogP contribution in [0.5, 0.6) is 23.0 Å². The first-order valence-corrected chi connectivity index (χ1v) is 15.1. The summed E-state index contributed by atoms with van der Waals surface area (Å²) in [5, 5.41) is 4.05. The highest BCUT2D eigenvalue weighted by Gasteiger charge is 2.21. The molecule has 0 spiro atoms. The zero-order chi connectivity index (χ0) is 30.3. The lowest BCUT2D eigenvalue weighted by Crippen LogP contribution is -2.45. The Balaban J connectivity index is 1.56. The van der Waals surface area contributed by atoms with Gasteiger partial charge in [0, 0.05) is 49.4 Å². The predicted octanol–water partition coefficient (Wildman–Crippen LogP) is 4.31. The number of likely N-dealkylation sites (N-methyl/N-ethyl adjacent to an activating group) is 1. The summed E-state index contributed by atoms with van der Waals surface area (Å²) in [6.45, 7) is 3.46. The van der Waals surface area contributed by atoms with Gasteiger partial charge in [-0.3, -0.25) is 4.79 Å². The van der Waals surface area contributed by atoms with Crippen molar-refractivity contribution in [1.29, 1.82) is 0 Å². The lowest BCUT2D eigenvalue weighted by Gasteiger charge is -2.35. The van der Waals surface area contributed by atoms with Crippen LogP contribution in [-0.2, 0) is 15.6 Å². The second-order valence-electron chi connectivity index (χ2n) is 9.85. The summed E-state index contributed by atoms with van der Waals surface area (Å²) in [5.41, 5.74) is 2.72. The van der Waals surface area contributed by atoms with Crippen molar-refractivity contribution < 1.29 is 32.2 Å². The van der Waals surface area contributed by atoms with Gasteiger partial charge in [-0.1, -0.05) is 18.2 Å². The Morgan fingerprint density at radius 1 is 0.857 bits per heavy atom. The van der Waals surface area contributed by atoms with Crippen LogP contribution in [0.25, 0.3) is 6.08 Å². The summed E-state index contributed by atoms with van der Waals surface area (Å²) in [5.74, 6) is 1.15. The van der Waals surface area contributed by atoms with Crippen LogP contribution in [0, 0.1) is 0 Å². The third kappa shape index (κ3) is 7.34. The van der Waals surface area contributed by atoms with Gasteiger partial charge < -0.3 is 34.1 Å². The lowest BCUT2D eigenvalue weighted by atomic mass is 10.1. The van der Waals surface area contributed by atoms with E-state index in [0.717, 1.165) is 37.3 Å². The number of para-hydroxylation sites is 1. The lowest BCUT2D eigenvalue weighted by molar-refractivity contribution is 0.102. The minimum absolute atomic E-state index is 0.297. The van der Waals surface area contributed by atoms with Gasteiger partial charge in [-0.15, -0.1) is 0 Å². The molecule has 0 atom stereocenters. The van der Waals surface area contributed by atoms with Gasteiger partial charge in [-0.25, -0.2) is 8.42 Å². The normalized spacial score (nSPS) is 14.1. The molecule has 0 unspecified atom stereocenters. The highest BCUT2D eigenvalue weighted by Crippen LogP contribution is 2.35. The Labute approximate surface area is 247 Å². The van der Waals surface area contributed by atoms with Gasteiger partial charge >= 0.3 is 0 Å². The molecule has 1 fully saturated rings. The number of carbonyl (C=O) groups excluding carboxylic acids is 1. The molecule has 224 valence electrons. The molecule has 1 N–H and O–H groups in total. The van der Waals surface area contributed by atoms with Crippen LogP contribution in [0.15, 0.2) is 60.0 Å². The molecule has 0 radical (unpaired) electrons. The minimum Gasteiger partial charge on any atom is -0.496 e. The minimum atomic E-state index is -3.73. The molecule has 3 aromatic carbocycles. The summed E-state index contributed by atoms with van der Waals surface area (Å²) < 4.78 is 47.8. The zero-order valence-electron chi connectivity index (χ0n) is 24.5. The molecule has 0 bridgehead atoms. The summed E-state index contributed by atoms with van der Waals surface area (Å²) >= 11 is 0. The van der Waals surface area contributed by atoms with Crippen molar-refractivity contribution >= 4 is 33.2 Å². The Hall–Kier alpha value is -4.22. The fourth-order valence-electron chi connectivity index (χ4n) is 4.77. The largest absolute Gasteiger partial charge is 0.496 e. The molecule has 1 amide bonds. The smallest absolute Gasteiger partial charge is 0.257 e. The van der Waals surface area contributed by atoms with Crippen LogP contribution in [0.2, 0.25) is 0 Å². The maximum atomic E-state index is 13.5. The van der Waals surface area contributed by atoms with Gasteiger partial charge in [0.2, 0.25) is 0 Å². The van der Waals surface area contributed by atoms with Crippen molar-refractivity contribution in [2.24, 2.45) is 0 Å². The highest BCUT2D eigenvalue weighted by atomic mass is 32.2. The molecule has 0 aliphatic carbocycles. The van der Waals surface area contributed by atoms with Crippen molar-refractivity contribution in [2.45, 2.75) is 5.75 Å². The molecule has 0 saturated carbocycles. The molecule has 10 nitrogen and oxygen atoms in total. The fraction of sp³-hybridized carbons (Fsp3) is 0.323. The number of hydrogen-bond donors (Lipinski definition) is 1. The molecule has 0 aromatic heterocycles. The number of amides is 1. The first-order valence-electron chi connectivity index (χ1n) is 13.4. The van der Waals surface area contributed by atoms with Crippen molar-refractivity contribution in [3.05, 3.63) is 76.7 Å². The molecule has 1 heterocycles. The summed E-state index contributed by atoms with van der Waals surface area (Å²) in [6.07, 6.45) is 1.44. The molecule has 4 rings (SSSR count). The topological polar surface area (TPSA) is 107 Å². The monoisotopic (exact) mass is 595 g/mol. The van der Waals surface area contributed by atoms with E-state index in [4.69, 9.17) is 18.9 Å². The van der Waals surface area contributed by atoms with E-state index in [-0.39, 0.29) is 11.7 Å². The summed E-state index contributed by atoms with van der Waals surface area (Å²) in [4.78, 5) is 17.9. The molecular weight excluding hydrogens is 558 g/mol. The van der Waals surface area contributed by atoms with Crippen LogP contribution in [0.3, 0.4) is 0 Å². The molecule has 3 aromatic rings. The van der Waals surface area contributed by atoms with Gasteiger partial charge in [0.1, 0.15) is 23.0 Å². The van der Waals surface area contributed by atoms with Crippen LogP contribution in [0.4, 0.5) is 11.4 Å². The second-order valence-corrected chi connectivity index (χ2v) is 11.7. The molecule has 1 aliphatic rings. The summed E-state index contributed by atoms with van der Waals surface area (Å²) in [6, 6.07) is 15.7. The number of sulfone groups is 1. The Kier molecular flexibility index (Phi) is 9.97. The summed E-state index contributed by atoms with van der Waals surface area (Å²) in [7, 11) is 4.34. The number of anilines is 2. The quantitative estimate of drug-likeness (QED) is 0.347. The highest BCUT2D eigenvalue weighted by molar-refractivity contribution is 7.93. The first-order chi connectivity index (χ1) is 20.2. The van der Waals surface area contributed by atoms with E-state index in [1.807, 2.05) is 18.2 Å². The Morgan fingerprint density at radius 3 is 2.12 bits per heavy atom. The number of nitrogens with zero attached hydrogens (tertiary/aromatic N) is 2. The van der Waals surface area contributed by atoms with Gasteiger partial charge in [0.25, 0.3) is 5.91 Å².